The molecule has 1 atom stereocenters. The minimum atomic E-state index is -1.02. The molecule has 2 aliphatic heterocycles. The summed E-state index contributed by atoms with van der Waals surface area (Å²) in [4.78, 5) is 21.6. The van der Waals surface area contributed by atoms with Gasteiger partial charge in [0.1, 0.15) is 5.82 Å². The normalized spacial score (nSPS) is 19.8. The molecule has 0 bridgehead atoms. The molecule has 0 spiro atoms. The maximum Gasteiger partial charge on any atom is 0.166 e. The van der Waals surface area contributed by atoms with E-state index in [-0.39, 0.29) is 11.7 Å². The Balaban J connectivity index is 1.59. The number of nitrogens with zero attached hydrogens (tertiary/aromatic N) is 2. The summed E-state index contributed by atoms with van der Waals surface area (Å²) in [6.45, 7) is 5.12. The first-order chi connectivity index (χ1) is 15.1. The van der Waals surface area contributed by atoms with Crippen LogP contribution in [0.5, 0.6) is 0 Å². The maximum atomic E-state index is 13.6. The average Bonchev–Trinajstić information content (AvgIpc) is 2.97. The molecule has 5 rings (SSSR count). The van der Waals surface area contributed by atoms with Crippen molar-refractivity contribution in [3.8, 4) is 0 Å². The standard InChI is InChI=1S/C25H27N3O2S/c1-17-6-7-22-20(14-17)21(25(29)18-8-10-26-11-9-18)15-24(27-22)28-12-13-31(30)23-5-3-2-4-19(23)16-28/h2-7,14-15,18,26H,8-13,16H2,1H3. The molecule has 1 N–H and O–H groups in total. The van der Waals surface area contributed by atoms with Gasteiger partial charge in [-0.05, 0) is 62.7 Å². The van der Waals surface area contributed by atoms with E-state index in [1.807, 2.05) is 49.4 Å². The lowest BCUT2D eigenvalue weighted by molar-refractivity contribution is 0.0897. The van der Waals surface area contributed by atoms with Crippen LogP contribution in [0.25, 0.3) is 10.9 Å². The van der Waals surface area contributed by atoms with Crippen molar-refractivity contribution in [3.63, 3.8) is 0 Å². The molecule has 5 nitrogen and oxygen atoms in total. The molecule has 0 aliphatic carbocycles. The molecule has 0 radical (unpaired) electrons. The fraction of sp³-hybridized carbons (Fsp3) is 0.360. The number of aryl methyl sites for hydroxylation is 1. The first-order valence-electron chi connectivity index (χ1n) is 11.0. The maximum absolute atomic E-state index is 13.6. The molecule has 3 heterocycles. The number of rotatable bonds is 3. The van der Waals surface area contributed by atoms with Crippen LogP contribution in [-0.2, 0) is 17.3 Å². The van der Waals surface area contributed by atoms with E-state index in [1.165, 1.54) is 0 Å². The van der Waals surface area contributed by atoms with Gasteiger partial charge in [-0.15, -0.1) is 0 Å². The molecule has 6 heteroatoms. The number of benzene rings is 2. The summed E-state index contributed by atoms with van der Waals surface area (Å²) in [5, 5.41) is 4.29. The zero-order valence-corrected chi connectivity index (χ0v) is 18.6. The quantitative estimate of drug-likeness (QED) is 0.636. The van der Waals surface area contributed by atoms with E-state index < -0.39 is 10.8 Å². The van der Waals surface area contributed by atoms with E-state index in [4.69, 9.17) is 4.98 Å². The van der Waals surface area contributed by atoms with Gasteiger partial charge in [0.15, 0.2) is 5.78 Å². The van der Waals surface area contributed by atoms with Crippen molar-refractivity contribution in [1.82, 2.24) is 10.3 Å². The van der Waals surface area contributed by atoms with Crippen LogP contribution < -0.4 is 10.2 Å². The number of ketones is 1. The number of pyridine rings is 1. The highest BCUT2D eigenvalue weighted by atomic mass is 32.2. The van der Waals surface area contributed by atoms with E-state index in [1.54, 1.807) is 0 Å². The highest BCUT2D eigenvalue weighted by Crippen LogP contribution is 2.30. The number of Topliss-reactive ketones (excluding diaryl/α,β-unsaturated/α-hetero) is 1. The Morgan fingerprint density at radius 3 is 2.77 bits per heavy atom. The van der Waals surface area contributed by atoms with Crippen molar-refractivity contribution in [2.24, 2.45) is 5.92 Å². The number of piperidine rings is 1. The number of carbonyl (C=O) groups excluding carboxylic acids is 1. The van der Waals surface area contributed by atoms with Gasteiger partial charge in [0.2, 0.25) is 0 Å². The van der Waals surface area contributed by atoms with Crippen LogP contribution in [0.4, 0.5) is 5.82 Å². The van der Waals surface area contributed by atoms with E-state index in [9.17, 15) is 9.00 Å². The van der Waals surface area contributed by atoms with E-state index in [0.29, 0.717) is 18.8 Å². The van der Waals surface area contributed by atoms with E-state index in [2.05, 4.69) is 16.3 Å². The van der Waals surface area contributed by atoms with Gasteiger partial charge in [0, 0.05) is 40.6 Å². The number of hydrogen-bond donors (Lipinski definition) is 1. The lowest BCUT2D eigenvalue weighted by Crippen LogP contribution is -2.32. The lowest BCUT2D eigenvalue weighted by Gasteiger charge is -2.25. The average molecular weight is 434 g/mol. The number of nitrogens with one attached hydrogen (secondary N) is 1. The molecule has 0 saturated carbocycles. The summed E-state index contributed by atoms with van der Waals surface area (Å²) in [5.74, 6) is 1.63. The van der Waals surface area contributed by atoms with Gasteiger partial charge >= 0.3 is 0 Å². The molecule has 1 saturated heterocycles. The van der Waals surface area contributed by atoms with Gasteiger partial charge in [0.05, 0.1) is 16.3 Å². The molecule has 1 fully saturated rings. The van der Waals surface area contributed by atoms with Gasteiger partial charge in [-0.2, -0.15) is 0 Å². The van der Waals surface area contributed by atoms with E-state index >= 15 is 0 Å². The fourth-order valence-electron chi connectivity index (χ4n) is 4.64. The molecular formula is C25H27N3O2S. The van der Waals surface area contributed by atoms with Crippen molar-refractivity contribution < 1.29 is 9.00 Å². The van der Waals surface area contributed by atoms with Gasteiger partial charge in [0.25, 0.3) is 0 Å². The number of fused-ring (bicyclic) bond motifs is 2. The summed E-state index contributed by atoms with van der Waals surface area (Å²) in [6.07, 6.45) is 1.75. The first-order valence-corrected chi connectivity index (χ1v) is 12.3. The zero-order chi connectivity index (χ0) is 21.4. The molecule has 0 amide bonds. The van der Waals surface area contributed by atoms with Gasteiger partial charge in [-0.25, -0.2) is 4.98 Å². The molecule has 31 heavy (non-hydrogen) atoms. The predicted octanol–water partition coefficient (Wildman–Crippen LogP) is 3.85. The minimum absolute atomic E-state index is 0.0533. The monoisotopic (exact) mass is 433 g/mol. The Bertz CT molecular complexity index is 1170. The smallest absolute Gasteiger partial charge is 0.166 e. The molecule has 1 aromatic heterocycles. The Kier molecular flexibility index (Phi) is 5.59. The van der Waals surface area contributed by atoms with Crippen LogP contribution in [0.1, 0.15) is 34.3 Å². The summed E-state index contributed by atoms with van der Waals surface area (Å²) in [6, 6.07) is 16.0. The molecule has 2 aromatic carbocycles. The van der Waals surface area contributed by atoms with Crippen molar-refractivity contribution in [2.45, 2.75) is 31.2 Å². The third kappa shape index (κ3) is 4.02. The number of anilines is 1. The molecule has 2 aliphatic rings. The van der Waals surface area contributed by atoms with Crippen LogP contribution in [0, 0.1) is 12.8 Å². The molecule has 1 unspecified atom stereocenters. The van der Waals surface area contributed by atoms with Gasteiger partial charge in [-0.1, -0.05) is 29.8 Å². The van der Waals surface area contributed by atoms with E-state index in [0.717, 1.165) is 64.2 Å². The number of aromatic nitrogens is 1. The SMILES string of the molecule is Cc1ccc2nc(N3CCS(=O)c4ccccc4C3)cc(C(=O)C3CCNCC3)c2c1. The van der Waals surface area contributed by atoms with Crippen LogP contribution in [0.15, 0.2) is 53.4 Å². The molecule has 160 valence electrons. The van der Waals surface area contributed by atoms with Crippen molar-refractivity contribution in [2.75, 3.05) is 30.3 Å². The van der Waals surface area contributed by atoms with Crippen LogP contribution >= 0.6 is 0 Å². The van der Waals surface area contributed by atoms with Crippen LogP contribution in [0.3, 0.4) is 0 Å². The largest absolute Gasteiger partial charge is 0.351 e. The van der Waals surface area contributed by atoms with Crippen molar-refractivity contribution >= 4 is 33.3 Å². The second-order valence-electron chi connectivity index (χ2n) is 8.52. The lowest BCUT2D eigenvalue weighted by atomic mass is 9.88. The van der Waals surface area contributed by atoms with Crippen molar-refractivity contribution in [3.05, 3.63) is 65.2 Å². The fourth-order valence-corrected chi connectivity index (χ4v) is 5.90. The Morgan fingerprint density at radius 1 is 1.13 bits per heavy atom. The third-order valence-electron chi connectivity index (χ3n) is 6.38. The van der Waals surface area contributed by atoms with Gasteiger partial charge in [-0.3, -0.25) is 9.00 Å². The molecular weight excluding hydrogens is 406 g/mol. The Hall–Kier alpha value is -2.57. The van der Waals surface area contributed by atoms with Crippen molar-refractivity contribution in [1.29, 1.82) is 0 Å². The Labute approximate surface area is 185 Å². The highest BCUT2D eigenvalue weighted by Gasteiger charge is 2.26. The summed E-state index contributed by atoms with van der Waals surface area (Å²) in [5.41, 5.74) is 3.81. The van der Waals surface area contributed by atoms with Crippen LogP contribution in [0.2, 0.25) is 0 Å². The number of hydrogen-bond acceptors (Lipinski definition) is 5. The molecule has 3 aromatic rings. The second kappa shape index (κ2) is 8.52. The summed E-state index contributed by atoms with van der Waals surface area (Å²) >= 11 is 0. The van der Waals surface area contributed by atoms with Crippen LogP contribution in [-0.4, -0.2) is 40.4 Å². The summed E-state index contributed by atoms with van der Waals surface area (Å²) < 4.78 is 12.7. The topological polar surface area (TPSA) is 62.3 Å². The highest BCUT2D eigenvalue weighted by molar-refractivity contribution is 7.85. The minimum Gasteiger partial charge on any atom is -0.351 e. The zero-order valence-electron chi connectivity index (χ0n) is 17.8. The van der Waals surface area contributed by atoms with Gasteiger partial charge < -0.3 is 10.2 Å². The Morgan fingerprint density at radius 2 is 1.94 bits per heavy atom. The number of carbonyl (C=O) groups is 1. The third-order valence-corrected chi connectivity index (χ3v) is 7.82. The predicted molar refractivity (Wildman–Crippen MR) is 125 cm³/mol. The summed E-state index contributed by atoms with van der Waals surface area (Å²) in [7, 11) is -1.02. The first kappa shape index (κ1) is 20.3. The second-order valence-corrected chi connectivity index (χ2v) is 10.1.